The Hall–Kier alpha value is -8.68. The summed E-state index contributed by atoms with van der Waals surface area (Å²) in [5, 5.41) is -0.0443. The lowest BCUT2D eigenvalue weighted by Crippen LogP contribution is -2.49. The van der Waals surface area contributed by atoms with Gasteiger partial charge >= 0.3 is 35.5 Å². The van der Waals surface area contributed by atoms with Gasteiger partial charge in [-0.05, 0) is 124 Å². The van der Waals surface area contributed by atoms with Crippen LogP contribution in [-0.4, -0.2) is 67.9 Å². The summed E-state index contributed by atoms with van der Waals surface area (Å²) in [5.74, 6) is -33.6. The van der Waals surface area contributed by atoms with E-state index in [0.29, 0.717) is 44.9 Å². The van der Waals surface area contributed by atoms with Crippen LogP contribution in [0, 0.1) is 39.5 Å². The largest absolute Gasteiger partial charge is 0.493 e. The van der Waals surface area contributed by atoms with Gasteiger partial charge in [0.1, 0.15) is 34.4 Å². The molecule has 0 N–H and O–H groups in total. The van der Waals surface area contributed by atoms with Crippen molar-refractivity contribution in [2.75, 3.05) is 13.2 Å². The molecule has 2 unspecified atom stereocenters. The van der Waals surface area contributed by atoms with Crippen molar-refractivity contribution in [2.24, 2.45) is 25.9 Å². The summed E-state index contributed by atoms with van der Waals surface area (Å²) < 4.78 is 224. The summed E-state index contributed by atoms with van der Waals surface area (Å²) in [6.07, 6.45) is 13.8. The fourth-order valence-electron chi connectivity index (χ4n) is 13.1. The van der Waals surface area contributed by atoms with E-state index in [-0.39, 0.29) is 81.5 Å². The number of oxazole rings is 2. The van der Waals surface area contributed by atoms with Gasteiger partial charge in [-0.1, -0.05) is 139 Å². The van der Waals surface area contributed by atoms with E-state index in [2.05, 4.69) is 37.7 Å². The predicted molar refractivity (Wildman–Crippen MR) is 354 cm³/mol. The fourth-order valence-corrected chi connectivity index (χ4v) is 13.1. The third-order valence-electron chi connectivity index (χ3n) is 19.1. The predicted octanol–water partition coefficient (Wildman–Crippen LogP) is 22.4. The molecule has 0 saturated carbocycles. The molecular weight excluding hydrogens is 1260 g/mol. The molecule has 2 aliphatic rings. The molecule has 0 aliphatic heterocycles. The minimum absolute atomic E-state index is 0.00139. The molecule has 0 amide bonds. The normalized spacial score (nSPS) is 17.7. The summed E-state index contributed by atoms with van der Waals surface area (Å²) in [4.78, 5) is 8.35. The highest BCUT2D eigenvalue weighted by atomic mass is 19.4. The van der Waals surface area contributed by atoms with Crippen molar-refractivity contribution in [1.29, 1.82) is 0 Å². The number of benzene rings is 5. The Morgan fingerprint density at radius 2 is 0.812 bits per heavy atom. The van der Waals surface area contributed by atoms with Gasteiger partial charge in [0.15, 0.2) is 0 Å². The second kappa shape index (κ2) is 26.0. The number of aromatic nitrogens is 4. The van der Waals surface area contributed by atoms with E-state index in [0.717, 1.165) is 51.4 Å². The Labute approximate surface area is 549 Å². The maximum atomic E-state index is 16.7. The first-order chi connectivity index (χ1) is 45.5. The minimum Gasteiger partial charge on any atom is -0.493 e. The maximum absolute atomic E-state index is 16.7. The molecule has 0 radical (unpaired) electrons. The Bertz CT molecular complexity index is 4240. The first-order valence-corrected chi connectivity index (χ1v) is 32.3. The minimum atomic E-state index is -5.89. The van der Waals surface area contributed by atoms with E-state index in [4.69, 9.17) is 18.3 Å². The van der Waals surface area contributed by atoms with Crippen LogP contribution < -0.4 is 9.47 Å². The zero-order valence-electron chi connectivity index (χ0n) is 54.9. The zero-order valence-corrected chi connectivity index (χ0v) is 54.9. The quantitative estimate of drug-likeness (QED) is 0.0443. The number of hydrogen-bond acceptors (Lipinski definition) is 6. The number of rotatable bonds is 24. The SMILES string of the molecule is CCCCC(CC)COc1cc(/C=C/c2ccc3c(c2)c(C2=C(c4nc(-c5ccccc5)oc4C)C(F)(F)C(F)(F)C2(F)F)c(C)n3C)c(OCC(CC)CCCC)cc1/C=C/c1ccc2c(c1)c(C1=C(c3nc(-c4ccccc4)oc3C)C(F)(F)C(F)(F)C1(F)F)c(C)n2C. The van der Waals surface area contributed by atoms with E-state index in [1.54, 1.807) is 121 Å². The second-order valence-electron chi connectivity index (χ2n) is 25.2. The lowest BCUT2D eigenvalue weighted by Gasteiger charge is -2.25. The molecule has 0 spiro atoms. The van der Waals surface area contributed by atoms with E-state index in [1.165, 1.54) is 63.1 Å². The third-order valence-corrected chi connectivity index (χ3v) is 19.1. The van der Waals surface area contributed by atoms with Gasteiger partial charge in [-0.2, -0.15) is 52.7 Å². The number of unbranched alkanes of at least 4 members (excludes halogenated alkanes) is 2. The Morgan fingerprint density at radius 3 is 1.16 bits per heavy atom. The molecule has 4 heterocycles. The monoisotopic (exact) mass is 1330 g/mol. The average molecular weight is 1340 g/mol. The number of fused-ring (bicyclic) bond motifs is 2. The first kappa shape index (κ1) is 68.7. The van der Waals surface area contributed by atoms with Crippen molar-refractivity contribution < 1.29 is 71.0 Å². The van der Waals surface area contributed by atoms with Crippen molar-refractivity contribution in [3.05, 3.63) is 177 Å². The van der Waals surface area contributed by atoms with Crippen LogP contribution in [0.3, 0.4) is 0 Å². The van der Waals surface area contributed by atoms with E-state index < -0.39 is 80.3 Å². The number of alkyl halides is 12. The van der Waals surface area contributed by atoms with Gasteiger partial charge in [0.2, 0.25) is 11.8 Å². The number of aryl methyl sites for hydroxylation is 4. The third kappa shape index (κ3) is 11.5. The molecule has 4 aromatic heterocycles. The molecule has 9 aromatic rings. The first-order valence-electron chi connectivity index (χ1n) is 32.3. The van der Waals surface area contributed by atoms with Crippen molar-refractivity contribution in [3.63, 3.8) is 0 Å². The van der Waals surface area contributed by atoms with Gasteiger partial charge in [0.25, 0.3) is 0 Å². The smallest absolute Gasteiger partial charge is 0.380 e. The van der Waals surface area contributed by atoms with E-state index in [1.807, 2.05) is 0 Å². The Balaban J connectivity index is 1.05. The summed E-state index contributed by atoms with van der Waals surface area (Å²) in [5.41, 5.74) is -6.31. The van der Waals surface area contributed by atoms with Crippen LogP contribution in [0.15, 0.2) is 118 Å². The van der Waals surface area contributed by atoms with Gasteiger partial charge in [-0.3, -0.25) is 0 Å². The van der Waals surface area contributed by atoms with Crippen LogP contribution in [0.25, 0.3) is 91.3 Å². The van der Waals surface area contributed by atoms with E-state index in [9.17, 15) is 0 Å². The van der Waals surface area contributed by atoms with Gasteiger partial charge in [0.05, 0.1) is 24.4 Å². The second-order valence-corrected chi connectivity index (χ2v) is 25.2. The van der Waals surface area contributed by atoms with E-state index >= 15 is 52.7 Å². The molecule has 0 saturated heterocycles. The lowest BCUT2D eigenvalue weighted by molar-refractivity contribution is -0.254. The van der Waals surface area contributed by atoms with Crippen molar-refractivity contribution in [3.8, 4) is 34.4 Å². The molecule has 96 heavy (non-hydrogen) atoms. The molecule has 20 heteroatoms. The molecule has 5 aromatic carbocycles. The van der Waals surface area contributed by atoms with Gasteiger partial charge in [-0.15, -0.1) is 0 Å². The highest BCUT2D eigenvalue weighted by Crippen LogP contribution is 2.68. The van der Waals surface area contributed by atoms with Gasteiger partial charge < -0.3 is 27.4 Å². The summed E-state index contributed by atoms with van der Waals surface area (Å²) in [6, 6.07) is 29.0. The number of nitrogens with zero attached hydrogens (tertiary/aromatic N) is 4. The molecule has 8 nitrogen and oxygen atoms in total. The summed E-state index contributed by atoms with van der Waals surface area (Å²) in [7, 11) is 3.04. The number of hydrogen-bond donors (Lipinski definition) is 0. The fraction of sp³-hybridized carbons (Fsp3) is 0.368. The average Bonchev–Trinajstić information content (AvgIpc) is 1.53. The Kier molecular flexibility index (Phi) is 18.6. The van der Waals surface area contributed by atoms with Crippen LogP contribution in [-0.2, 0) is 14.1 Å². The lowest BCUT2D eigenvalue weighted by atomic mass is 9.94. The topological polar surface area (TPSA) is 80.4 Å². The number of ether oxygens (including phenoxy) is 2. The van der Waals surface area contributed by atoms with Crippen LogP contribution in [0.2, 0.25) is 0 Å². The van der Waals surface area contributed by atoms with Crippen molar-refractivity contribution >= 4 is 68.4 Å². The molecule has 0 bridgehead atoms. The molecule has 2 aliphatic carbocycles. The highest BCUT2D eigenvalue weighted by molar-refractivity contribution is 6.10. The van der Waals surface area contributed by atoms with Gasteiger partial charge in [-0.25, -0.2) is 9.97 Å². The number of allylic oxidation sites excluding steroid dienone is 4. The van der Waals surface area contributed by atoms with Gasteiger partial charge in [0, 0.05) is 91.8 Å². The molecular formula is C76H74F12N4O4. The van der Waals surface area contributed by atoms with Crippen LogP contribution in [0.4, 0.5) is 52.7 Å². The molecule has 0 fully saturated rings. The maximum Gasteiger partial charge on any atom is 0.380 e. The highest BCUT2D eigenvalue weighted by Gasteiger charge is 2.82. The molecule has 11 rings (SSSR count). The Morgan fingerprint density at radius 1 is 0.458 bits per heavy atom. The van der Waals surface area contributed by atoms with Crippen LogP contribution >= 0.6 is 0 Å². The van der Waals surface area contributed by atoms with Crippen molar-refractivity contribution in [1.82, 2.24) is 19.1 Å². The molecule has 506 valence electrons. The molecule has 2 atom stereocenters. The standard InChI is InChI=1S/C76H74F12N4O4/c1-11-15-23-47(13-3)41-93-59-39-54(34-30-50-32-36-58-56(38-50)62(44(6)92(58)10)64-66(74(83,84)76(87,88)72(64,79)80)68-46(8)96-70(90-68)52-27-21-18-22-28-52)60(94-42-48(14-4)24-16-12-2)40-53(59)33-29-49-31-35-57-55(37-49)61(43(5)91(57)9)63-65(73(81,82)75(85,86)71(63,77)78)67-45(7)95-69(89-67)51-25-19-17-20-26-51/h17-22,25-40,47-48H,11-16,23-24,41-42H2,1-10H3/b33-29+,34-30+. The zero-order chi connectivity index (χ0) is 69.2. The number of halogens is 12. The van der Waals surface area contributed by atoms with Crippen LogP contribution in [0.1, 0.15) is 147 Å². The summed E-state index contributed by atoms with van der Waals surface area (Å²) in [6.45, 7) is 14.0. The summed E-state index contributed by atoms with van der Waals surface area (Å²) >= 11 is 0. The van der Waals surface area contributed by atoms with Crippen LogP contribution in [0.5, 0.6) is 11.5 Å². The van der Waals surface area contributed by atoms with Crippen molar-refractivity contribution in [2.45, 2.75) is 142 Å².